The Morgan fingerprint density at radius 3 is 2.38 bits per heavy atom. The topological polar surface area (TPSA) is 74.0 Å². The van der Waals surface area contributed by atoms with Crippen molar-refractivity contribution in [3.8, 4) is 0 Å². The number of thiophene rings is 2. The summed E-state index contributed by atoms with van der Waals surface area (Å²) in [6.45, 7) is 0.916. The molecule has 0 bridgehead atoms. The number of nitrogens with one attached hydrogen (secondary N) is 3. The maximum Gasteiger partial charge on any atom is 0.261 e. The van der Waals surface area contributed by atoms with Crippen LogP contribution in [0.4, 0.5) is 0 Å². The van der Waals surface area contributed by atoms with E-state index >= 15 is 0 Å². The molecule has 0 saturated carbocycles. The monoisotopic (exact) mass is 485 g/mol. The van der Waals surface area contributed by atoms with Gasteiger partial charge in [-0.3, -0.25) is 9.59 Å². The molecular formula is C27H23N3O2S2. The SMILES string of the molecule is O=C(NCC(c1cccs1)c1c[nH]c2ccccc12)c1ccc(CNC(=O)c2cccs2)cc1. The van der Waals surface area contributed by atoms with Gasteiger partial charge in [-0.05, 0) is 52.2 Å². The minimum absolute atomic E-state index is 0.0619. The normalized spacial score (nSPS) is 11.9. The molecule has 3 N–H and O–H groups in total. The number of H-pyrrole nitrogens is 1. The van der Waals surface area contributed by atoms with Crippen LogP contribution in [0, 0.1) is 0 Å². The van der Waals surface area contributed by atoms with Crippen molar-refractivity contribution in [1.82, 2.24) is 15.6 Å². The van der Waals surface area contributed by atoms with Crippen LogP contribution in [0.3, 0.4) is 0 Å². The third kappa shape index (κ3) is 4.81. The molecule has 1 unspecified atom stereocenters. The van der Waals surface area contributed by atoms with Crippen molar-refractivity contribution in [3.05, 3.63) is 116 Å². The first-order chi connectivity index (χ1) is 16.7. The van der Waals surface area contributed by atoms with Gasteiger partial charge in [-0.15, -0.1) is 22.7 Å². The largest absolute Gasteiger partial charge is 0.361 e. The zero-order valence-electron chi connectivity index (χ0n) is 18.3. The summed E-state index contributed by atoms with van der Waals surface area (Å²) in [4.78, 5) is 30.3. The Morgan fingerprint density at radius 2 is 1.62 bits per heavy atom. The van der Waals surface area contributed by atoms with Gasteiger partial charge < -0.3 is 15.6 Å². The molecule has 2 aromatic carbocycles. The maximum atomic E-state index is 12.9. The molecule has 2 amide bonds. The zero-order valence-corrected chi connectivity index (χ0v) is 19.9. The number of amides is 2. The first-order valence-corrected chi connectivity index (χ1v) is 12.7. The molecule has 0 aliphatic carbocycles. The van der Waals surface area contributed by atoms with Gasteiger partial charge in [-0.25, -0.2) is 0 Å². The van der Waals surface area contributed by atoms with Crippen LogP contribution in [0.2, 0.25) is 0 Å². The van der Waals surface area contributed by atoms with Gasteiger partial charge in [0.05, 0.1) is 4.88 Å². The number of rotatable bonds is 8. The Hall–Kier alpha value is -3.68. The second-order valence-electron chi connectivity index (χ2n) is 7.92. The first-order valence-electron chi connectivity index (χ1n) is 11.0. The van der Waals surface area contributed by atoms with E-state index in [-0.39, 0.29) is 17.7 Å². The summed E-state index contributed by atoms with van der Waals surface area (Å²) in [7, 11) is 0. The summed E-state index contributed by atoms with van der Waals surface area (Å²) in [5.41, 5.74) is 3.80. The van der Waals surface area contributed by atoms with Crippen molar-refractivity contribution >= 4 is 45.4 Å². The number of hydrogen-bond donors (Lipinski definition) is 3. The van der Waals surface area contributed by atoms with E-state index in [1.165, 1.54) is 27.2 Å². The van der Waals surface area contributed by atoms with E-state index in [1.54, 1.807) is 29.5 Å². The van der Waals surface area contributed by atoms with Crippen LogP contribution in [0.5, 0.6) is 0 Å². The molecule has 0 spiro atoms. The third-order valence-electron chi connectivity index (χ3n) is 5.76. The highest BCUT2D eigenvalue weighted by Crippen LogP contribution is 2.32. The summed E-state index contributed by atoms with van der Waals surface area (Å²) in [5, 5.41) is 11.1. The summed E-state index contributed by atoms with van der Waals surface area (Å²) in [5.74, 6) is -0.142. The van der Waals surface area contributed by atoms with E-state index in [9.17, 15) is 9.59 Å². The van der Waals surface area contributed by atoms with Crippen LogP contribution in [0.25, 0.3) is 10.9 Å². The molecular weight excluding hydrogens is 462 g/mol. The summed E-state index contributed by atoms with van der Waals surface area (Å²) in [6, 6.07) is 23.4. The molecule has 170 valence electrons. The highest BCUT2D eigenvalue weighted by molar-refractivity contribution is 7.12. The van der Waals surface area contributed by atoms with Gasteiger partial charge in [0, 0.05) is 46.5 Å². The molecule has 3 aromatic heterocycles. The van der Waals surface area contributed by atoms with Gasteiger partial charge in [0.2, 0.25) is 0 Å². The highest BCUT2D eigenvalue weighted by atomic mass is 32.1. The Morgan fingerprint density at radius 1 is 0.824 bits per heavy atom. The van der Waals surface area contributed by atoms with Crippen molar-refractivity contribution in [2.24, 2.45) is 0 Å². The lowest BCUT2D eigenvalue weighted by Crippen LogP contribution is -2.28. The molecule has 1 atom stereocenters. The smallest absolute Gasteiger partial charge is 0.261 e. The summed E-state index contributed by atoms with van der Waals surface area (Å²) < 4.78 is 0. The zero-order chi connectivity index (χ0) is 23.3. The lowest BCUT2D eigenvalue weighted by atomic mass is 9.96. The molecule has 5 rings (SSSR count). The Kier molecular flexibility index (Phi) is 6.56. The predicted octanol–water partition coefficient (Wildman–Crippen LogP) is 5.78. The minimum atomic E-state index is -0.115. The van der Waals surface area contributed by atoms with Crippen molar-refractivity contribution in [1.29, 1.82) is 0 Å². The summed E-state index contributed by atoms with van der Waals surface area (Å²) >= 11 is 3.11. The number of fused-ring (bicyclic) bond motifs is 1. The molecule has 5 aromatic rings. The van der Waals surface area contributed by atoms with Crippen molar-refractivity contribution in [2.45, 2.75) is 12.5 Å². The summed E-state index contributed by atoms with van der Waals surface area (Å²) in [6.07, 6.45) is 2.04. The standard InChI is InChI=1S/C27H23N3O2S2/c31-26(19-11-9-18(10-12-19)15-29-27(32)25-8-4-14-34-25)30-17-22(24-7-3-13-33-24)21-16-28-23-6-2-1-5-20(21)23/h1-14,16,22,28H,15,17H2,(H,29,32)(H,30,31). The van der Waals surface area contributed by atoms with E-state index in [0.717, 1.165) is 11.1 Å². The number of aromatic nitrogens is 1. The maximum absolute atomic E-state index is 12.9. The fourth-order valence-corrected chi connectivity index (χ4v) is 5.47. The van der Waals surface area contributed by atoms with Gasteiger partial charge in [-0.1, -0.05) is 42.5 Å². The Labute approximate surface area is 205 Å². The lowest BCUT2D eigenvalue weighted by Gasteiger charge is -2.16. The van der Waals surface area contributed by atoms with Crippen LogP contribution >= 0.6 is 22.7 Å². The molecule has 34 heavy (non-hydrogen) atoms. The lowest BCUT2D eigenvalue weighted by molar-refractivity contribution is 0.0944. The van der Waals surface area contributed by atoms with E-state index in [4.69, 9.17) is 0 Å². The number of para-hydroxylation sites is 1. The fourth-order valence-electron chi connectivity index (χ4n) is 3.98. The number of hydrogen-bond acceptors (Lipinski definition) is 4. The second kappa shape index (κ2) is 10.1. The Bertz CT molecular complexity index is 1390. The molecule has 0 saturated heterocycles. The van der Waals surface area contributed by atoms with E-state index in [2.05, 4.69) is 39.2 Å². The van der Waals surface area contributed by atoms with Crippen molar-refractivity contribution < 1.29 is 9.59 Å². The molecule has 0 aliphatic rings. The number of carbonyl (C=O) groups is 2. The molecule has 0 aliphatic heterocycles. The molecule has 3 heterocycles. The van der Waals surface area contributed by atoms with Gasteiger partial charge in [0.1, 0.15) is 0 Å². The van der Waals surface area contributed by atoms with E-state index in [1.807, 2.05) is 48.0 Å². The molecule has 0 fully saturated rings. The molecule has 0 radical (unpaired) electrons. The van der Waals surface area contributed by atoms with Crippen LogP contribution in [0.15, 0.2) is 89.8 Å². The van der Waals surface area contributed by atoms with Crippen molar-refractivity contribution in [2.75, 3.05) is 6.54 Å². The molecule has 7 heteroatoms. The average Bonchev–Trinajstić information content (AvgIpc) is 3.66. The van der Waals surface area contributed by atoms with Gasteiger partial charge in [0.15, 0.2) is 0 Å². The van der Waals surface area contributed by atoms with Crippen LogP contribution in [-0.2, 0) is 6.54 Å². The van der Waals surface area contributed by atoms with Crippen LogP contribution in [-0.4, -0.2) is 23.3 Å². The fraction of sp³-hybridized carbons (Fsp3) is 0.111. The number of carbonyl (C=O) groups excluding carboxylic acids is 2. The first kappa shape index (κ1) is 22.1. The van der Waals surface area contributed by atoms with Gasteiger partial charge in [0.25, 0.3) is 11.8 Å². The third-order valence-corrected chi connectivity index (χ3v) is 7.62. The van der Waals surface area contributed by atoms with Crippen molar-refractivity contribution in [3.63, 3.8) is 0 Å². The van der Waals surface area contributed by atoms with E-state index in [0.29, 0.717) is 23.5 Å². The predicted molar refractivity (Wildman–Crippen MR) is 139 cm³/mol. The second-order valence-corrected chi connectivity index (χ2v) is 9.85. The minimum Gasteiger partial charge on any atom is -0.361 e. The van der Waals surface area contributed by atoms with Crippen LogP contribution in [0.1, 0.15) is 42.0 Å². The van der Waals surface area contributed by atoms with Gasteiger partial charge >= 0.3 is 0 Å². The van der Waals surface area contributed by atoms with Crippen LogP contribution < -0.4 is 10.6 Å². The van der Waals surface area contributed by atoms with E-state index < -0.39 is 0 Å². The quantitative estimate of drug-likeness (QED) is 0.261. The Balaban J connectivity index is 1.24. The molecule has 5 nitrogen and oxygen atoms in total. The number of aromatic amines is 1. The average molecular weight is 486 g/mol. The van der Waals surface area contributed by atoms with Gasteiger partial charge in [-0.2, -0.15) is 0 Å². The highest BCUT2D eigenvalue weighted by Gasteiger charge is 2.20. The number of benzene rings is 2.